The number of H-pyrrole nitrogens is 1. The highest BCUT2D eigenvalue weighted by Crippen LogP contribution is 2.38. The van der Waals surface area contributed by atoms with E-state index in [1.165, 1.54) is 6.07 Å². The standard InChI is InChI=1S/C29H29FN4O3/c1-3-36-28(35)29(2)15-13-22(14-16-29)37-25-12-10-21(18-31-25)20-9-11-23(24(30)17-20)27-32-26(33-34-27)19-7-5-4-6-8-19/h4-12,17-18,22H,3,13-16H2,1-2H3,(H,32,33,34)/t22-,29-. The fraction of sp³-hybridized carbons (Fsp3) is 0.310. The number of nitrogens with one attached hydrogen (secondary N) is 1. The normalized spacial score (nSPS) is 19.4. The Labute approximate surface area is 215 Å². The van der Waals surface area contributed by atoms with Crippen LogP contribution in [-0.2, 0) is 9.53 Å². The van der Waals surface area contributed by atoms with E-state index >= 15 is 4.39 Å². The van der Waals surface area contributed by atoms with Gasteiger partial charge in [0.05, 0.1) is 17.6 Å². The number of carbonyl (C=O) groups is 1. The molecule has 1 saturated carbocycles. The van der Waals surface area contributed by atoms with E-state index in [0.717, 1.165) is 36.8 Å². The fourth-order valence-corrected chi connectivity index (χ4v) is 4.64. The van der Waals surface area contributed by atoms with Crippen LogP contribution in [0.2, 0.25) is 0 Å². The van der Waals surface area contributed by atoms with E-state index in [0.29, 0.717) is 35.3 Å². The molecule has 190 valence electrons. The minimum absolute atomic E-state index is 0.000243. The molecule has 0 unspecified atom stereocenters. The molecule has 0 aliphatic heterocycles. The highest BCUT2D eigenvalue weighted by atomic mass is 19.1. The van der Waals surface area contributed by atoms with Gasteiger partial charge in [-0.25, -0.2) is 9.37 Å². The van der Waals surface area contributed by atoms with E-state index in [1.54, 1.807) is 18.3 Å². The van der Waals surface area contributed by atoms with E-state index in [4.69, 9.17) is 9.47 Å². The third-order valence-electron chi connectivity index (χ3n) is 6.92. The van der Waals surface area contributed by atoms with E-state index in [9.17, 15) is 4.79 Å². The maximum absolute atomic E-state index is 15.0. The zero-order valence-electron chi connectivity index (χ0n) is 20.9. The minimum Gasteiger partial charge on any atom is -0.474 e. The number of pyridine rings is 1. The summed E-state index contributed by atoms with van der Waals surface area (Å²) >= 11 is 0. The lowest BCUT2D eigenvalue weighted by Crippen LogP contribution is -2.37. The third kappa shape index (κ3) is 5.38. The Hall–Kier alpha value is -4.07. The predicted molar refractivity (Wildman–Crippen MR) is 138 cm³/mol. The Kier molecular flexibility index (Phi) is 6.99. The Morgan fingerprint density at radius 1 is 1.00 bits per heavy atom. The zero-order valence-corrected chi connectivity index (χ0v) is 20.9. The van der Waals surface area contributed by atoms with Crippen LogP contribution in [0.5, 0.6) is 5.88 Å². The SMILES string of the molecule is CCOC(=O)[C@]1(C)CC[C@@H](Oc2ccc(-c3ccc(-c4nnc(-c5ccccc5)[nH]4)c(F)c3)cn2)CC1. The zero-order chi connectivity index (χ0) is 25.8. The fourth-order valence-electron chi connectivity index (χ4n) is 4.64. The van der Waals surface area contributed by atoms with Crippen LogP contribution in [0.25, 0.3) is 33.9 Å². The first-order valence-electron chi connectivity index (χ1n) is 12.5. The van der Waals surface area contributed by atoms with E-state index in [-0.39, 0.29) is 12.1 Å². The van der Waals surface area contributed by atoms with Gasteiger partial charge in [0.25, 0.3) is 0 Å². The van der Waals surface area contributed by atoms with Crippen molar-refractivity contribution in [2.45, 2.75) is 45.6 Å². The molecule has 5 rings (SSSR count). The van der Waals surface area contributed by atoms with Crippen LogP contribution >= 0.6 is 0 Å². The Bertz CT molecular complexity index is 1360. The van der Waals surface area contributed by atoms with E-state index in [1.807, 2.05) is 56.3 Å². The largest absolute Gasteiger partial charge is 0.474 e. The van der Waals surface area contributed by atoms with Crippen molar-refractivity contribution in [1.82, 2.24) is 20.2 Å². The van der Waals surface area contributed by atoms with Gasteiger partial charge in [0.2, 0.25) is 5.88 Å². The third-order valence-corrected chi connectivity index (χ3v) is 6.92. The van der Waals surface area contributed by atoms with Gasteiger partial charge in [0.15, 0.2) is 11.6 Å². The molecule has 7 nitrogen and oxygen atoms in total. The predicted octanol–water partition coefficient (Wildman–Crippen LogP) is 6.23. The molecule has 0 spiro atoms. The number of halogens is 1. The molecule has 1 aliphatic rings. The number of aromatic amines is 1. The lowest BCUT2D eigenvalue weighted by molar-refractivity contribution is -0.157. The summed E-state index contributed by atoms with van der Waals surface area (Å²) in [7, 11) is 0. The minimum atomic E-state index is -0.446. The van der Waals surface area contributed by atoms with Gasteiger partial charge in [-0.05, 0) is 63.3 Å². The van der Waals surface area contributed by atoms with Crippen molar-refractivity contribution in [2.75, 3.05) is 6.61 Å². The van der Waals surface area contributed by atoms with E-state index < -0.39 is 11.2 Å². The molecule has 1 N–H and O–H groups in total. The lowest BCUT2D eigenvalue weighted by atomic mass is 9.75. The number of benzene rings is 2. The van der Waals surface area contributed by atoms with Crippen LogP contribution in [0.3, 0.4) is 0 Å². The monoisotopic (exact) mass is 500 g/mol. The molecule has 37 heavy (non-hydrogen) atoms. The number of hydrogen-bond donors (Lipinski definition) is 1. The van der Waals surface area contributed by atoms with Crippen LogP contribution in [0, 0.1) is 11.2 Å². The molecule has 0 amide bonds. The summed E-state index contributed by atoms with van der Waals surface area (Å²) in [5.41, 5.74) is 2.26. The smallest absolute Gasteiger partial charge is 0.311 e. The summed E-state index contributed by atoms with van der Waals surface area (Å²) < 4.78 is 26.3. The summed E-state index contributed by atoms with van der Waals surface area (Å²) in [6.07, 6.45) is 4.64. The molecule has 0 saturated heterocycles. The van der Waals surface area contributed by atoms with Crippen LogP contribution in [-0.4, -0.2) is 38.8 Å². The van der Waals surface area contributed by atoms with E-state index in [2.05, 4.69) is 20.2 Å². The maximum Gasteiger partial charge on any atom is 0.311 e. The molecule has 2 heterocycles. The second-order valence-corrected chi connectivity index (χ2v) is 9.57. The molecule has 0 radical (unpaired) electrons. The Morgan fingerprint density at radius 3 is 2.41 bits per heavy atom. The summed E-state index contributed by atoms with van der Waals surface area (Å²) in [4.78, 5) is 19.8. The number of hydrogen-bond acceptors (Lipinski definition) is 6. The molecular formula is C29H29FN4O3. The Morgan fingerprint density at radius 2 is 1.73 bits per heavy atom. The lowest BCUT2D eigenvalue weighted by Gasteiger charge is -2.35. The van der Waals surface area contributed by atoms with Gasteiger partial charge in [0, 0.05) is 23.4 Å². The van der Waals surface area contributed by atoms with Gasteiger partial charge in [-0.2, -0.15) is 0 Å². The molecule has 0 atom stereocenters. The summed E-state index contributed by atoms with van der Waals surface area (Å²) in [5, 5.41) is 8.27. The second-order valence-electron chi connectivity index (χ2n) is 9.57. The van der Waals surface area contributed by atoms with Gasteiger partial charge < -0.3 is 14.5 Å². The Balaban J connectivity index is 1.23. The molecule has 0 bridgehead atoms. The number of carbonyl (C=O) groups excluding carboxylic acids is 1. The van der Waals surface area contributed by atoms with Gasteiger partial charge in [-0.1, -0.05) is 36.4 Å². The molecule has 2 aromatic carbocycles. The van der Waals surface area contributed by atoms with Crippen LogP contribution in [0.1, 0.15) is 39.5 Å². The number of aromatic nitrogens is 4. The summed E-state index contributed by atoms with van der Waals surface area (Å²) in [6, 6.07) is 18.2. The molecule has 4 aromatic rings. The first-order valence-corrected chi connectivity index (χ1v) is 12.5. The van der Waals surface area contributed by atoms with Gasteiger partial charge in [0.1, 0.15) is 11.9 Å². The summed E-state index contributed by atoms with van der Waals surface area (Å²) in [5.74, 6) is 0.939. The van der Waals surface area contributed by atoms with Crippen LogP contribution < -0.4 is 4.74 Å². The van der Waals surface area contributed by atoms with Crippen molar-refractivity contribution in [3.8, 4) is 39.8 Å². The molecule has 2 aromatic heterocycles. The molecule has 1 fully saturated rings. The maximum atomic E-state index is 15.0. The van der Waals surface area contributed by atoms with Crippen LogP contribution in [0.4, 0.5) is 4.39 Å². The quantitative estimate of drug-likeness (QED) is 0.303. The van der Waals surface area contributed by atoms with Crippen LogP contribution in [0.15, 0.2) is 66.9 Å². The number of rotatable bonds is 7. The van der Waals surface area contributed by atoms with Crippen molar-refractivity contribution in [2.24, 2.45) is 5.41 Å². The highest BCUT2D eigenvalue weighted by Gasteiger charge is 2.39. The summed E-state index contributed by atoms with van der Waals surface area (Å²) in [6.45, 7) is 4.18. The van der Waals surface area contributed by atoms with Gasteiger partial charge >= 0.3 is 5.97 Å². The average Bonchev–Trinajstić information content (AvgIpc) is 3.41. The van der Waals surface area contributed by atoms with Gasteiger partial charge in [-0.3, -0.25) is 4.79 Å². The van der Waals surface area contributed by atoms with Crippen molar-refractivity contribution in [3.63, 3.8) is 0 Å². The second kappa shape index (κ2) is 10.5. The first kappa shape index (κ1) is 24.6. The molecule has 8 heteroatoms. The first-order chi connectivity index (χ1) is 17.9. The number of nitrogens with zero attached hydrogens (tertiary/aromatic N) is 3. The highest BCUT2D eigenvalue weighted by molar-refractivity contribution is 5.76. The van der Waals surface area contributed by atoms with Crippen molar-refractivity contribution in [1.29, 1.82) is 0 Å². The van der Waals surface area contributed by atoms with Gasteiger partial charge in [-0.15, -0.1) is 10.2 Å². The van der Waals surface area contributed by atoms with Crippen molar-refractivity contribution < 1.29 is 18.7 Å². The van der Waals surface area contributed by atoms with Crippen molar-refractivity contribution >= 4 is 5.97 Å². The topological polar surface area (TPSA) is 90.0 Å². The number of esters is 1. The molecule has 1 aliphatic carbocycles. The average molecular weight is 501 g/mol. The number of ether oxygens (including phenoxy) is 2. The molecular weight excluding hydrogens is 471 g/mol. The van der Waals surface area contributed by atoms with Crippen molar-refractivity contribution in [3.05, 3.63) is 72.7 Å².